The lowest BCUT2D eigenvalue weighted by Crippen LogP contribution is -2.36. The first-order chi connectivity index (χ1) is 14.8. The maximum absolute atomic E-state index is 12.6. The Kier molecular flexibility index (Phi) is 6.62. The van der Waals surface area contributed by atoms with Crippen LogP contribution in [0.2, 0.25) is 0 Å². The van der Waals surface area contributed by atoms with Crippen LogP contribution in [-0.4, -0.2) is 33.1 Å². The van der Waals surface area contributed by atoms with Crippen LogP contribution in [0.15, 0.2) is 64.5 Å². The SMILES string of the molecule is CC(C)(C)OC(=O)N1CCCC1c1ncc(-c2ccc(I)c(Sc3ccccc3)c2)[nH]1. The summed E-state index contributed by atoms with van der Waals surface area (Å²) in [5, 5.41) is 0. The Hall–Kier alpha value is -2.00. The second kappa shape index (κ2) is 9.24. The van der Waals surface area contributed by atoms with E-state index in [0.29, 0.717) is 6.54 Å². The fourth-order valence-corrected chi connectivity index (χ4v) is 5.17. The van der Waals surface area contributed by atoms with Gasteiger partial charge in [0, 0.05) is 25.5 Å². The van der Waals surface area contributed by atoms with Crippen LogP contribution < -0.4 is 0 Å². The third kappa shape index (κ3) is 5.44. The van der Waals surface area contributed by atoms with Gasteiger partial charge in [-0.3, -0.25) is 4.90 Å². The maximum Gasteiger partial charge on any atom is 0.410 e. The van der Waals surface area contributed by atoms with Crippen molar-refractivity contribution in [1.82, 2.24) is 14.9 Å². The highest BCUT2D eigenvalue weighted by Crippen LogP contribution is 2.36. The number of halogens is 1. The molecule has 0 radical (unpaired) electrons. The van der Waals surface area contributed by atoms with Gasteiger partial charge in [0.1, 0.15) is 11.4 Å². The molecule has 1 N–H and O–H groups in total. The number of likely N-dealkylation sites (tertiary alicyclic amines) is 1. The largest absolute Gasteiger partial charge is 0.444 e. The van der Waals surface area contributed by atoms with Gasteiger partial charge in [-0.15, -0.1) is 0 Å². The zero-order valence-corrected chi connectivity index (χ0v) is 20.9. The minimum atomic E-state index is -0.507. The number of carbonyl (C=O) groups is 1. The number of carbonyl (C=O) groups excluding carboxylic acids is 1. The zero-order chi connectivity index (χ0) is 22.0. The van der Waals surface area contributed by atoms with Gasteiger partial charge >= 0.3 is 6.09 Å². The number of hydrogen-bond acceptors (Lipinski definition) is 4. The Balaban J connectivity index is 1.55. The molecule has 3 aromatic rings. The van der Waals surface area contributed by atoms with Gasteiger partial charge in [-0.05, 0) is 80.5 Å². The second-order valence-electron chi connectivity index (χ2n) is 8.57. The van der Waals surface area contributed by atoms with Crippen LogP contribution >= 0.6 is 34.4 Å². The van der Waals surface area contributed by atoms with Crippen molar-refractivity contribution in [2.75, 3.05) is 6.54 Å². The molecular weight excluding hydrogens is 521 g/mol. The van der Waals surface area contributed by atoms with E-state index in [1.807, 2.05) is 33.0 Å². The van der Waals surface area contributed by atoms with E-state index in [1.54, 1.807) is 16.7 Å². The van der Waals surface area contributed by atoms with Gasteiger partial charge < -0.3 is 9.72 Å². The molecule has 1 fully saturated rings. The van der Waals surface area contributed by atoms with E-state index in [2.05, 4.69) is 75.0 Å². The molecule has 2 aromatic carbocycles. The highest BCUT2D eigenvalue weighted by atomic mass is 127. The van der Waals surface area contributed by atoms with Crippen LogP contribution in [0.4, 0.5) is 4.79 Å². The van der Waals surface area contributed by atoms with Crippen molar-refractivity contribution >= 4 is 40.4 Å². The van der Waals surface area contributed by atoms with Crippen molar-refractivity contribution in [2.24, 2.45) is 0 Å². The molecule has 1 unspecified atom stereocenters. The average Bonchev–Trinajstić information content (AvgIpc) is 3.38. The molecule has 162 valence electrons. The first-order valence-corrected chi connectivity index (χ1v) is 12.3. The smallest absolute Gasteiger partial charge is 0.410 e. The van der Waals surface area contributed by atoms with Gasteiger partial charge in [0.25, 0.3) is 0 Å². The predicted molar refractivity (Wildman–Crippen MR) is 132 cm³/mol. The lowest BCUT2D eigenvalue weighted by atomic mass is 10.2. The number of aromatic nitrogens is 2. The fourth-order valence-electron chi connectivity index (χ4n) is 3.61. The molecule has 0 saturated carbocycles. The highest BCUT2D eigenvalue weighted by molar-refractivity contribution is 14.1. The molecule has 4 rings (SSSR count). The van der Waals surface area contributed by atoms with Crippen LogP contribution in [0.5, 0.6) is 0 Å². The number of nitrogens with zero attached hydrogens (tertiary/aromatic N) is 2. The normalized spacial score (nSPS) is 16.5. The highest BCUT2D eigenvalue weighted by Gasteiger charge is 2.34. The summed E-state index contributed by atoms with van der Waals surface area (Å²) in [4.78, 5) is 24.9. The Morgan fingerprint density at radius 3 is 2.74 bits per heavy atom. The first-order valence-electron chi connectivity index (χ1n) is 10.4. The minimum Gasteiger partial charge on any atom is -0.444 e. The number of imidazole rings is 1. The van der Waals surface area contributed by atoms with Gasteiger partial charge in [-0.2, -0.15) is 0 Å². The summed E-state index contributed by atoms with van der Waals surface area (Å²) in [5.41, 5.74) is 1.53. The van der Waals surface area contributed by atoms with E-state index >= 15 is 0 Å². The summed E-state index contributed by atoms with van der Waals surface area (Å²) in [7, 11) is 0. The molecule has 1 aromatic heterocycles. The average molecular weight is 547 g/mol. The molecule has 2 heterocycles. The van der Waals surface area contributed by atoms with Crippen molar-refractivity contribution in [1.29, 1.82) is 0 Å². The summed E-state index contributed by atoms with van der Waals surface area (Å²) >= 11 is 4.13. The van der Waals surface area contributed by atoms with Crippen molar-refractivity contribution in [2.45, 2.75) is 55.0 Å². The zero-order valence-electron chi connectivity index (χ0n) is 17.9. The van der Waals surface area contributed by atoms with Gasteiger partial charge in [0.15, 0.2) is 0 Å². The number of hydrogen-bond donors (Lipinski definition) is 1. The summed E-state index contributed by atoms with van der Waals surface area (Å²) in [6.45, 7) is 6.37. The molecule has 0 spiro atoms. The van der Waals surface area contributed by atoms with Gasteiger partial charge in [-0.1, -0.05) is 36.0 Å². The number of nitrogens with one attached hydrogen (secondary N) is 1. The molecule has 5 nitrogen and oxygen atoms in total. The number of aromatic amines is 1. The standard InChI is InChI=1S/C24H26IN3O2S/c1-24(2,3)30-23(29)28-13-7-10-20(28)22-26-15-19(27-22)16-11-12-18(25)21(14-16)31-17-8-5-4-6-9-17/h4-6,8-9,11-12,14-15,20H,7,10,13H2,1-3H3,(H,26,27). The molecule has 1 amide bonds. The molecule has 1 aliphatic rings. The minimum absolute atomic E-state index is 0.0781. The fraction of sp³-hybridized carbons (Fsp3) is 0.333. The van der Waals surface area contributed by atoms with Gasteiger partial charge in [0.2, 0.25) is 0 Å². The molecule has 1 atom stereocenters. The maximum atomic E-state index is 12.6. The number of rotatable bonds is 4. The molecule has 0 aliphatic carbocycles. The summed E-state index contributed by atoms with van der Waals surface area (Å²) in [5.74, 6) is 0.814. The lowest BCUT2D eigenvalue weighted by molar-refractivity contribution is 0.0218. The summed E-state index contributed by atoms with van der Waals surface area (Å²) in [6.07, 6.45) is 3.42. The lowest BCUT2D eigenvalue weighted by Gasteiger charge is -2.27. The van der Waals surface area contributed by atoms with E-state index in [0.717, 1.165) is 29.9 Å². The first kappa shape index (κ1) is 22.2. The molecule has 7 heteroatoms. The van der Waals surface area contributed by atoms with Gasteiger partial charge in [0.05, 0.1) is 17.9 Å². The molecule has 0 bridgehead atoms. The quantitative estimate of drug-likeness (QED) is 0.361. The Labute approximate surface area is 201 Å². The Morgan fingerprint density at radius 1 is 1.23 bits per heavy atom. The predicted octanol–water partition coefficient (Wildman–Crippen LogP) is 6.90. The van der Waals surface area contributed by atoms with Crippen LogP contribution in [0.3, 0.4) is 0 Å². The van der Waals surface area contributed by atoms with Crippen LogP contribution in [0.1, 0.15) is 45.5 Å². The van der Waals surface area contributed by atoms with E-state index < -0.39 is 5.60 Å². The Bertz CT molecular complexity index is 1060. The van der Waals surface area contributed by atoms with E-state index in [4.69, 9.17) is 4.74 Å². The van der Waals surface area contributed by atoms with Crippen molar-refractivity contribution < 1.29 is 9.53 Å². The third-order valence-electron chi connectivity index (χ3n) is 5.01. The number of H-pyrrole nitrogens is 1. The Morgan fingerprint density at radius 2 is 2.00 bits per heavy atom. The summed E-state index contributed by atoms with van der Waals surface area (Å²) in [6, 6.07) is 16.7. The number of benzene rings is 2. The second-order valence-corrected chi connectivity index (χ2v) is 10.9. The summed E-state index contributed by atoms with van der Waals surface area (Å²) < 4.78 is 6.80. The van der Waals surface area contributed by atoms with Crippen LogP contribution in [0.25, 0.3) is 11.3 Å². The van der Waals surface area contributed by atoms with Crippen molar-refractivity contribution in [3.63, 3.8) is 0 Å². The number of ether oxygens (including phenoxy) is 1. The molecular formula is C24H26IN3O2S. The van der Waals surface area contributed by atoms with Crippen LogP contribution in [-0.2, 0) is 4.74 Å². The van der Waals surface area contributed by atoms with Crippen LogP contribution in [0, 0.1) is 3.57 Å². The van der Waals surface area contributed by atoms with Gasteiger partial charge in [-0.25, -0.2) is 9.78 Å². The molecule has 1 saturated heterocycles. The topological polar surface area (TPSA) is 58.2 Å². The molecule has 31 heavy (non-hydrogen) atoms. The van der Waals surface area contributed by atoms with E-state index in [1.165, 1.54) is 13.4 Å². The number of amides is 1. The molecule has 1 aliphatic heterocycles. The monoisotopic (exact) mass is 547 g/mol. The van der Waals surface area contributed by atoms with E-state index in [-0.39, 0.29) is 12.1 Å². The van der Waals surface area contributed by atoms with Crippen molar-refractivity contribution in [3.05, 3.63) is 64.1 Å². The van der Waals surface area contributed by atoms with E-state index in [9.17, 15) is 4.79 Å². The third-order valence-corrected chi connectivity index (χ3v) is 7.38. The van der Waals surface area contributed by atoms with Crippen molar-refractivity contribution in [3.8, 4) is 11.3 Å².